The normalized spacial score (nSPS) is 28.3. The molecular weight excluding hydrogens is 249 g/mol. The van der Waals surface area contributed by atoms with Gasteiger partial charge in [0, 0.05) is 13.1 Å². The predicted octanol–water partition coefficient (Wildman–Crippen LogP) is 0.633. The Hall–Kier alpha value is -0.820. The van der Waals surface area contributed by atoms with Crippen LogP contribution in [0.4, 0.5) is 13.2 Å². The number of piperidine rings is 1. The number of halogens is 3. The van der Waals surface area contributed by atoms with Crippen molar-refractivity contribution < 1.29 is 22.7 Å². The number of carbonyl (C=O) groups is 1. The molecule has 2 fully saturated rings. The van der Waals surface area contributed by atoms with Crippen LogP contribution in [-0.2, 0) is 9.53 Å². The molecule has 0 saturated carbocycles. The standard InChI is InChI=1S/C11H17F3N2O2/c12-11(13,14)7-18-6-10(17)16-2-1-8-3-15-4-9(8)5-16/h8-9,15H,1-7H2. The molecule has 18 heavy (non-hydrogen) atoms. The maximum atomic E-state index is 11.9. The Morgan fingerprint density at radius 3 is 2.78 bits per heavy atom. The van der Waals surface area contributed by atoms with E-state index in [0.717, 1.165) is 19.5 Å². The van der Waals surface area contributed by atoms with Gasteiger partial charge in [-0.25, -0.2) is 0 Å². The van der Waals surface area contributed by atoms with Crippen LogP contribution in [0.3, 0.4) is 0 Å². The number of ether oxygens (including phenoxy) is 1. The summed E-state index contributed by atoms with van der Waals surface area (Å²) < 4.78 is 40.0. The molecular formula is C11H17F3N2O2. The summed E-state index contributed by atoms with van der Waals surface area (Å²) in [6, 6.07) is 0. The van der Waals surface area contributed by atoms with Gasteiger partial charge in [-0.3, -0.25) is 4.79 Å². The van der Waals surface area contributed by atoms with Crippen LogP contribution in [-0.4, -0.2) is 56.4 Å². The average Bonchev–Trinajstić information content (AvgIpc) is 2.73. The highest BCUT2D eigenvalue weighted by atomic mass is 19.4. The molecule has 2 unspecified atom stereocenters. The van der Waals surface area contributed by atoms with Gasteiger partial charge >= 0.3 is 6.18 Å². The minimum absolute atomic E-state index is 0.343. The van der Waals surface area contributed by atoms with Crippen LogP contribution < -0.4 is 5.32 Å². The molecule has 2 saturated heterocycles. The largest absolute Gasteiger partial charge is 0.411 e. The van der Waals surface area contributed by atoms with Gasteiger partial charge in [0.2, 0.25) is 5.91 Å². The van der Waals surface area contributed by atoms with Gasteiger partial charge in [-0.1, -0.05) is 0 Å². The summed E-state index contributed by atoms with van der Waals surface area (Å²) >= 11 is 0. The van der Waals surface area contributed by atoms with Crippen LogP contribution in [0.25, 0.3) is 0 Å². The van der Waals surface area contributed by atoms with E-state index >= 15 is 0 Å². The first-order valence-corrected chi connectivity index (χ1v) is 6.09. The van der Waals surface area contributed by atoms with Crippen LogP contribution in [0.1, 0.15) is 6.42 Å². The molecule has 2 aliphatic rings. The molecule has 0 aromatic heterocycles. The minimum Gasteiger partial charge on any atom is -0.362 e. The molecule has 1 N–H and O–H groups in total. The van der Waals surface area contributed by atoms with Gasteiger partial charge in [0.15, 0.2) is 0 Å². The summed E-state index contributed by atoms with van der Waals surface area (Å²) in [5, 5.41) is 3.27. The SMILES string of the molecule is O=C(COCC(F)(F)F)N1CCC2CNCC2C1. The number of carbonyl (C=O) groups excluding carboxylic acids is 1. The molecule has 1 amide bonds. The molecule has 0 bridgehead atoms. The molecule has 4 nitrogen and oxygen atoms in total. The zero-order valence-corrected chi connectivity index (χ0v) is 10.0. The number of hydrogen-bond acceptors (Lipinski definition) is 3. The summed E-state index contributed by atoms with van der Waals surface area (Å²) in [6.07, 6.45) is -3.45. The number of amides is 1. The molecule has 0 spiro atoms. The van der Waals surface area contributed by atoms with Gasteiger partial charge in [0.05, 0.1) is 0 Å². The number of nitrogens with one attached hydrogen (secondary N) is 1. The van der Waals surface area contributed by atoms with Gasteiger partial charge in [-0.05, 0) is 31.3 Å². The van der Waals surface area contributed by atoms with E-state index in [1.807, 2.05) is 0 Å². The average molecular weight is 266 g/mol. The number of alkyl halides is 3. The molecule has 2 heterocycles. The van der Waals surface area contributed by atoms with E-state index in [4.69, 9.17) is 0 Å². The predicted molar refractivity (Wildman–Crippen MR) is 57.9 cm³/mol. The molecule has 2 aliphatic heterocycles. The molecule has 0 aliphatic carbocycles. The Kier molecular flexibility index (Phi) is 4.11. The number of hydrogen-bond donors (Lipinski definition) is 1. The maximum absolute atomic E-state index is 11.9. The Morgan fingerprint density at radius 1 is 1.33 bits per heavy atom. The lowest BCUT2D eigenvalue weighted by Crippen LogP contribution is -2.45. The van der Waals surface area contributed by atoms with Crippen LogP contribution in [0.15, 0.2) is 0 Å². The Labute approximate surface area is 103 Å². The lowest BCUT2D eigenvalue weighted by Gasteiger charge is -2.34. The fraction of sp³-hybridized carbons (Fsp3) is 0.909. The topological polar surface area (TPSA) is 41.6 Å². The third-order valence-corrected chi connectivity index (χ3v) is 3.55. The van der Waals surface area contributed by atoms with Gasteiger partial charge in [0.1, 0.15) is 13.2 Å². The first-order valence-electron chi connectivity index (χ1n) is 6.09. The van der Waals surface area contributed by atoms with E-state index in [2.05, 4.69) is 10.1 Å². The molecule has 7 heteroatoms. The second kappa shape index (κ2) is 5.44. The minimum atomic E-state index is -4.37. The van der Waals surface area contributed by atoms with Crippen LogP contribution >= 0.6 is 0 Å². The Balaban J connectivity index is 1.73. The molecule has 0 aromatic carbocycles. The van der Waals surface area contributed by atoms with Crippen LogP contribution in [0, 0.1) is 11.8 Å². The summed E-state index contributed by atoms with van der Waals surface area (Å²) in [6.45, 7) is 1.28. The van der Waals surface area contributed by atoms with E-state index in [-0.39, 0.29) is 5.91 Å². The van der Waals surface area contributed by atoms with Crippen molar-refractivity contribution in [3.05, 3.63) is 0 Å². The summed E-state index contributed by atoms with van der Waals surface area (Å²) in [7, 11) is 0. The van der Waals surface area contributed by atoms with E-state index < -0.39 is 19.4 Å². The second-order valence-electron chi connectivity index (χ2n) is 4.91. The highest BCUT2D eigenvalue weighted by Gasteiger charge is 2.34. The number of nitrogens with zero attached hydrogens (tertiary/aromatic N) is 1. The van der Waals surface area contributed by atoms with Crippen molar-refractivity contribution in [1.29, 1.82) is 0 Å². The monoisotopic (exact) mass is 266 g/mol. The summed E-state index contributed by atoms with van der Waals surface area (Å²) in [5.41, 5.74) is 0. The highest BCUT2D eigenvalue weighted by Crippen LogP contribution is 2.26. The van der Waals surface area contributed by atoms with Crippen molar-refractivity contribution in [3.63, 3.8) is 0 Å². The zero-order valence-electron chi connectivity index (χ0n) is 10.0. The second-order valence-corrected chi connectivity index (χ2v) is 4.91. The van der Waals surface area contributed by atoms with E-state index in [1.165, 1.54) is 0 Å². The first kappa shape index (κ1) is 13.6. The van der Waals surface area contributed by atoms with Crippen molar-refractivity contribution in [3.8, 4) is 0 Å². The molecule has 2 atom stereocenters. The fourth-order valence-electron chi connectivity index (χ4n) is 2.61. The van der Waals surface area contributed by atoms with Gasteiger partial charge in [-0.15, -0.1) is 0 Å². The lowest BCUT2D eigenvalue weighted by molar-refractivity contribution is -0.178. The van der Waals surface area contributed by atoms with Crippen LogP contribution in [0.5, 0.6) is 0 Å². The quantitative estimate of drug-likeness (QED) is 0.815. The van der Waals surface area contributed by atoms with Gasteiger partial charge < -0.3 is 15.0 Å². The van der Waals surface area contributed by atoms with Crippen molar-refractivity contribution in [2.45, 2.75) is 12.6 Å². The first-order chi connectivity index (χ1) is 8.46. The lowest BCUT2D eigenvalue weighted by atomic mass is 9.89. The summed E-state index contributed by atoms with van der Waals surface area (Å²) in [5.74, 6) is 0.694. The van der Waals surface area contributed by atoms with Gasteiger partial charge in [-0.2, -0.15) is 13.2 Å². The third kappa shape index (κ3) is 3.58. The highest BCUT2D eigenvalue weighted by molar-refractivity contribution is 5.77. The van der Waals surface area contributed by atoms with Crippen molar-refractivity contribution in [1.82, 2.24) is 10.2 Å². The van der Waals surface area contributed by atoms with Crippen molar-refractivity contribution in [2.24, 2.45) is 11.8 Å². The maximum Gasteiger partial charge on any atom is 0.411 e. The van der Waals surface area contributed by atoms with Gasteiger partial charge in [0.25, 0.3) is 0 Å². The number of likely N-dealkylation sites (tertiary alicyclic amines) is 1. The Morgan fingerprint density at radius 2 is 2.06 bits per heavy atom. The molecule has 0 aromatic rings. The van der Waals surface area contributed by atoms with Crippen molar-refractivity contribution >= 4 is 5.91 Å². The summed E-state index contributed by atoms with van der Waals surface area (Å²) in [4.78, 5) is 13.3. The smallest absolute Gasteiger partial charge is 0.362 e. The van der Waals surface area contributed by atoms with Crippen LogP contribution in [0.2, 0.25) is 0 Å². The van der Waals surface area contributed by atoms with E-state index in [1.54, 1.807) is 4.90 Å². The van der Waals surface area contributed by atoms with E-state index in [0.29, 0.717) is 24.9 Å². The fourth-order valence-corrected chi connectivity index (χ4v) is 2.61. The van der Waals surface area contributed by atoms with Crippen molar-refractivity contribution in [2.75, 3.05) is 39.4 Å². The Bertz CT molecular complexity index is 309. The number of rotatable bonds is 3. The zero-order chi connectivity index (χ0) is 13.2. The van der Waals surface area contributed by atoms with E-state index in [9.17, 15) is 18.0 Å². The number of fused-ring (bicyclic) bond motifs is 1. The third-order valence-electron chi connectivity index (χ3n) is 3.55. The molecule has 0 radical (unpaired) electrons. The molecule has 104 valence electrons. The molecule has 2 rings (SSSR count).